The second-order valence-electron chi connectivity index (χ2n) is 11.8. The second kappa shape index (κ2) is 11.7. The van der Waals surface area contributed by atoms with Crippen molar-refractivity contribution in [2.75, 3.05) is 13.7 Å². The Kier molecular flexibility index (Phi) is 7.79. The van der Waals surface area contributed by atoms with Gasteiger partial charge < -0.3 is 20.5 Å². The van der Waals surface area contributed by atoms with Crippen LogP contribution in [0.15, 0.2) is 66.7 Å². The molecule has 224 valence electrons. The molecule has 2 aromatic carbocycles. The molecule has 10 heteroatoms. The minimum absolute atomic E-state index is 0.151. The highest BCUT2D eigenvalue weighted by molar-refractivity contribution is 5.96. The summed E-state index contributed by atoms with van der Waals surface area (Å²) in [5.41, 5.74) is 7.00. The Labute approximate surface area is 250 Å². The van der Waals surface area contributed by atoms with Crippen LogP contribution in [0.3, 0.4) is 0 Å². The summed E-state index contributed by atoms with van der Waals surface area (Å²) in [5.74, 6) is 4.68. The summed E-state index contributed by atoms with van der Waals surface area (Å²) in [6, 6.07) is 17.3. The van der Waals surface area contributed by atoms with Crippen LogP contribution in [-0.2, 0) is 14.4 Å². The Balaban J connectivity index is 1.32. The third-order valence-electron chi connectivity index (χ3n) is 8.99. The molecule has 5 N–H and O–H groups in total. The lowest BCUT2D eigenvalue weighted by Gasteiger charge is -2.25. The number of hydrogen-bond donors (Lipinski definition) is 3. The lowest BCUT2D eigenvalue weighted by molar-refractivity contribution is -0.141. The van der Waals surface area contributed by atoms with Crippen LogP contribution in [0.5, 0.6) is 11.5 Å². The second-order valence-corrected chi connectivity index (χ2v) is 11.8. The highest BCUT2D eigenvalue weighted by Crippen LogP contribution is 2.46. The fourth-order valence-electron chi connectivity index (χ4n) is 6.44. The van der Waals surface area contributed by atoms with E-state index in [0.29, 0.717) is 36.4 Å². The Hall–Kier alpha value is -4.44. The van der Waals surface area contributed by atoms with Crippen LogP contribution in [0.25, 0.3) is 22.2 Å². The van der Waals surface area contributed by atoms with Gasteiger partial charge in [-0.25, -0.2) is 10.8 Å². The van der Waals surface area contributed by atoms with Gasteiger partial charge in [-0.3, -0.25) is 19.4 Å². The van der Waals surface area contributed by atoms with Gasteiger partial charge in [-0.1, -0.05) is 42.5 Å². The number of nitrogens with two attached hydrogens (primary N) is 2. The van der Waals surface area contributed by atoms with Crippen LogP contribution in [0, 0.1) is 17.8 Å². The van der Waals surface area contributed by atoms with Gasteiger partial charge in [0.25, 0.3) is 0 Å². The fraction of sp³-hybridized carbons (Fsp3) is 0.394. The first-order valence-electron chi connectivity index (χ1n) is 14.8. The Morgan fingerprint density at radius 1 is 1.07 bits per heavy atom. The smallest absolute Gasteiger partial charge is 0.243 e. The molecule has 3 aliphatic rings. The molecular weight excluding hydrogens is 546 g/mol. The summed E-state index contributed by atoms with van der Waals surface area (Å²) in [4.78, 5) is 44.7. The maximum absolute atomic E-state index is 13.8. The van der Waals surface area contributed by atoms with Crippen molar-refractivity contribution in [3.63, 3.8) is 0 Å². The van der Waals surface area contributed by atoms with Crippen molar-refractivity contribution in [1.82, 2.24) is 15.3 Å². The molecule has 2 saturated carbocycles. The van der Waals surface area contributed by atoms with E-state index in [-0.39, 0.29) is 24.2 Å². The number of nitrogens with zero attached hydrogens (tertiary/aromatic N) is 2. The number of allylic oxidation sites excluding steroid dienone is 1. The number of rotatable bonds is 5. The molecule has 1 aromatic heterocycles. The number of pyridine rings is 1. The van der Waals surface area contributed by atoms with E-state index in [2.05, 4.69) is 5.32 Å². The summed E-state index contributed by atoms with van der Waals surface area (Å²) in [7, 11) is 1.61. The van der Waals surface area contributed by atoms with Gasteiger partial charge in [-0.15, -0.1) is 0 Å². The molecular formula is C33H37N5O5. The zero-order valence-electron chi connectivity index (χ0n) is 24.2. The van der Waals surface area contributed by atoms with Crippen LogP contribution in [0.4, 0.5) is 0 Å². The van der Waals surface area contributed by atoms with Crippen molar-refractivity contribution in [2.24, 2.45) is 29.3 Å². The Morgan fingerprint density at radius 3 is 2.63 bits per heavy atom. The number of hydrogen-bond acceptors (Lipinski definition) is 7. The van der Waals surface area contributed by atoms with Crippen molar-refractivity contribution in [3.8, 4) is 22.8 Å². The molecule has 0 saturated heterocycles. The molecule has 0 spiro atoms. The van der Waals surface area contributed by atoms with Crippen molar-refractivity contribution < 1.29 is 23.9 Å². The number of aromatic nitrogens is 1. The number of ether oxygens (including phenoxy) is 2. The molecule has 2 heterocycles. The molecule has 1 aliphatic heterocycles. The number of carbonyl (C=O) groups excluding carboxylic acids is 3. The fourth-order valence-corrected chi connectivity index (χ4v) is 6.44. The van der Waals surface area contributed by atoms with Gasteiger partial charge in [0.15, 0.2) is 0 Å². The zero-order chi connectivity index (χ0) is 30.1. The Morgan fingerprint density at radius 2 is 1.86 bits per heavy atom. The van der Waals surface area contributed by atoms with Gasteiger partial charge in [-0.05, 0) is 50.7 Å². The van der Waals surface area contributed by atoms with Crippen molar-refractivity contribution >= 4 is 28.6 Å². The lowest BCUT2D eigenvalue weighted by atomic mass is 9.93. The molecule has 2 aliphatic carbocycles. The summed E-state index contributed by atoms with van der Waals surface area (Å²) in [5, 5.41) is 4.95. The van der Waals surface area contributed by atoms with Gasteiger partial charge in [-0.2, -0.15) is 0 Å². The average molecular weight is 584 g/mol. The van der Waals surface area contributed by atoms with E-state index >= 15 is 0 Å². The van der Waals surface area contributed by atoms with Crippen molar-refractivity contribution in [3.05, 3.63) is 66.7 Å². The normalized spacial score (nSPS) is 28.3. The standard InChI is InChI=1S/C33H37N5O5/c1-42-22-12-13-24-28(17-22)36-27(20-9-5-4-6-10-20)18-29(24)43-23-15-25-26(16-23)31(40)38(35)14-8-3-2-7-11-21-19-33(21,32(34)41)37-30(25)39/h4-7,9-13,17-18,21,23,25-26H,2-3,8,14-16,19,35H2,1H3,(H2,34,41)(H,37,39)/b11-7-/t21-,23-,25-,26-,33?/m1/s1. The van der Waals surface area contributed by atoms with Gasteiger partial charge >= 0.3 is 0 Å². The van der Waals surface area contributed by atoms with Crippen LogP contribution < -0.4 is 26.4 Å². The first-order valence-corrected chi connectivity index (χ1v) is 14.8. The van der Waals surface area contributed by atoms with E-state index in [1.54, 1.807) is 7.11 Å². The number of amides is 3. The monoisotopic (exact) mass is 583 g/mol. The minimum atomic E-state index is -1.13. The number of methoxy groups -OCH3 is 1. The quantitative estimate of drug-likeness (QED) is 0.236. The van der Waals surface area contributed by atoms with Crippen LogP contribution in [0.1, 0.15) is 38.5 Å². The summed E-state index contributed by atoms with van der Waals surface area (Å²) < 4.78 is 12.1. The predicted octanol–water partition coefficient (Wildman–Crippen LogP) is 3.49. The molecule has 10 nitrogen and oxygen atoms in total. The highest BCUT2D eigenvalue weighted by Gasteiger charge is 2.60. The van der Waals surface area contributed by atoms with Crippen LogP contribution in [-0.4, -0.2) is 53.0 Å². The third kappa shape index (κ3) is 5.67. The number of benzene rings is 2. The summed E-state index contributed by atoms with van der Waals surface area (Å²) in [6.07, 6.45) is 6.94. The molecule has 0 bridgehead atoms. The molecule has 0 radical (unpaired) electrons. The minimum Gasteiger partial charge on any atom is -0.497 e. The number of primary amides is 1. The van der Waals surface area contributed by atoms with E-state index in [0.717, 1.165) is 35.9 Å². The van der Waals surface area contributed by atoms with E-state index < -0.39 is 29.4 Å². The SMILES string of the molecule is COc1ccc2c(O[C@@H]3C[C@H]4C(=O)NC5(C(N)=O)C[C@H]5/C=C\CCCCN(N)C(=O)[C@@H]4C3)cc(-c3ccccc3)nc2c1. The van der Waals surface area contributed by atoms with E-state index in [4.69, 9.17) is 26.0 Å². The molecule has 1 unspecified atom stereocenters. The van der Waals surface area contributed by atoms with Crippen molar-refractivity contribution in [2.45, 2.75) is 50.2 Å². The molecule has 3 aromatic rings. The molecule has 6 rings (SSSR count). The molecule has 43 heavy (non-hydrogen) atoms. The van der Waals surface area contributed by atoms with Crippen molar-refractivity contribution in [1.29, 1.82) is 0 Å². The Bertz CT molecular complexity index is 1580. The number of fused-ring (bicyclic) bond motifs is 3. The maximum Gasteiger partial charge on any atom is 0.243 e. The predicted molar refractivity (Wildman–Crippen MR) is 161 cm³/mol. The maximum atomic E-state index is 13.8. The average Bonchev–Trinajstić information content (AvgIpc) is 3.55. The molecule has 2 fully saturated rings. The van der Waals surface area contributed by atoms with Crippen LogP contribution >= 0.6 is 0 Å². The van der Waals surface area contributed by atoms with Gasteiger partial charge in [0.2, 0.25) is 17.7 Å². The first-order chi connectivity index (χ1) is 20.8. The third-order valence-corrected chi connectivity index (χ3v) is 8.99. The first kappa shape index (κ1) is 28.7. The van der Waals surface area contributed by atoms with Gasteiger partial charge in [0.05, 0.1) is 30.2 Å². The lowest BCUT2D eigenvalue weighted by Crippen LogP contribution is -2.52. The molecule has 3 amide bonds. The zero-order valence-corrected chi connectivity index (χ0v) is 24.2. The van der Waals surface area contributed by atoms with E-state index in [1.165, 1.54) is 5.01 Å². The van der Waals surface area contributed by atoms with Crippen LogP contribution in [0.2, 0.25) is 0 Å². The van der Waals surface area contributed by atoms with E-state index in [9.17, 15) is 14.4 Å². The molecule has 5 atom stereocenters. The number of nitrogens with one attached hydrogen (secondary N) is 1. The summed E-state index contributed by atoms with van der Waals surface area (Å²) in [6.45, 7) is 0.398. The highest BCUT2D eigenvalue weighted by atomic mass is 16.5. The largest absolute Gasteiger partial charge is 0.497 e. The summed E-state index contributed by atoms with van der Waals surface area (Å²) >= 11 is 0. The topological polar surface area (TPSA) is 150 Å². The van der Waals surface area contributed by atoms with E-state index in [1.807, 2.05) is 66.7 Å². The number of hydrazine groups is 1. The number of carbonyl (C=O) groups is 3. The van der Waals surface area contributed by atoms with Gasteiger partial charge in [0.1, 0.15) is 23.1 Å². The van der Waals surface area contributed by atoms with Gasteiger partial charge in [0, 0.05) is 35.5 Å².